The maximum Gasteiger partial charge on any atom is 0.325 e. The number of fused-ring (bicyclic) bond motifs is 1. The van der Waals surface area contributed by atoms with E-state index in [2.05, 4.69) is 15.6 Å². The fraction of sp³-hybridized carbons (Fsp3) is 0.250. The fourth-order valence-corrected chi connectivity index (χ4v) is 3.36. The van der Waals surface area contributed by atoms with Crippen LogP contribution in [0.4, 0.5) is 4.79 Å². The van der Waals surface area contributed by atoms with Crippen molar-refractivity contribution < 1.29 is 18.8 Å². The van der Waals surface area contributed by atoms with E-state index >= 15 is 0 Å². The molecule has 4 rings (SSSR count). The Morgan fingerprint density at radius 2 is 2.04 bits per heavy atom. The molecular formula is C20H20N4O4. The van der Waals surface area contributed by atoms with Crippen molar-refractivity contribution >= 4 is 28.7 Å². The van der Waals surface area contributed by atoms with E-state index in [4.69, 9.17) is 4.42 Å². The summed E-state index contributed by atoms with van der Waals surface area (Å²) in [6, 6.07) is 9.98. The minimum Gasteiger partial charge on any atom is -0.467 e. The predicted octanol–water partition coefficient (Wildman–Crippen LogP) is 1.93. The number of para-hydroxylation sites is 1. The van der Waals surface area contributed by atoms with Gasteiger partial charge in [-0.2, -0.15) is 0 Å². The monoisotopic (exact) mass is 380 g/mol. The maximum absolute atomic E-state index is 12.4. The fourth-order valence-electron chi connectivity index (χ4n) is 3.36. The van der Waals surface area contributed by atoms with Crippen molar-refractivity contribution in [2.75, 3.05) is 6.54 Å². The number of nitrogens with one attached hydrogen (secondary N) is 3. The Labute approximate surface area is 160 Å². The SMILES string of the molecule is O=C(CC1NC(=O)N(Cc2ccco2)C1=O)NCCc1c[nH]c2ccccc12. The summed E-state index contributed by atoms with van der Waals surface area (Å²) in [6.45, 7) is 0.502. The molecule has 1 aromatic carbocycles. The first-order chi connectivity index (χ1) is 13.6. The predicted molar refractivity (Wildman–Crippen MR) is 101 cm³/mol. The normalized spacial score (nSPS) is 16.6. The van der Waals surface area contributed by atoms with Gasteiger partial charge in [-0.25, -0.2) is 4.79 Å². The van der Waals surface area contributed by atoms with Crippen LogP contribution >= 0.6 is 0 Å². The summed E-state index contributed by atoms with van der Waals surface area (Å²) in [5.41, 5.74) is 2.17. The third-order valence-electron chi connectivity index (χ3n) is 4.78. The summed E-state index contributed by atoms with van der Waals surface area (Å²) in [5, 5.41) is 6.50. The molecule has 4 amide bonds. The van der Waals surface area contributed by atoms with E-state index in [1.165, 1.54) is 6.26 Å². The molecule has 0 spiro atoms. The summed E-state index contributed by atoms with van der Waals surface area (Å²) in [6.07, 6.45) is 3.99. The summed E-state index contributed by atoms with van der Waals surface area (Å²) < 4.78 is 5.17. The van der Waals surface area contributed by atoms with E-state index in [9.17, 15) is 14.4 Å². The van der Waals surface area contributed by atoms with E-state index in [0.29, 0.717) is 18.7 Å². The second-order valence-electron chi connectivity index (χ2n) is 6.67. The van der Waals surface area contributed by atoms with Gasteiger partial charge in [0.15, 0.2) is 0 Å². The number of benzene rings is 1. The van der Waals surface area contributed by atoms with Crippen molar-refractivity contribution in [2.45, 2.75) is 25.4 Å². The molecule has 28 heavy (non-hydrogen) atoms. The molecule has 0 aliphatic carbocycles. The van der Waals surface area contributed by atoms with Gasteiger partial charge >= 0.3 is 6.03 Å². The van der Waals surface area contributed by atoms with E-state index in [1.54, 1.807) is 12.1 Å². The number of amides is 4. The molecule has 8 nitrogen and oxygen atoms in total. The Kier molecular flexibility index (Phi) is 4.84. The lowest BCUT2D eigenvalue weighted by atomic mass is 10.1. The molecule has 144 valence electrons. The number of rotatable bonds is 7. The number of hydrogen-bond donors (Lipinski definition) is 3. The topological polar surface area (TPSA) is 107 Å². The third-order valence-corrected chi connectivity index (χ3v) is 4.78. The molecule has 8 heteroatoms. The van der Waals surface area contributed by atoms with Gasteiger partial charge in [-0.3, -0.25) is 14.5 Å². The molecule has 1 saturated heterocycles. The molecule has 0 saturated carbocycles. The van der Waals surface area contributed by atoms with Crippen molar-refractivity contribution in [2.24, 2.45) is 0 Å². The van der Waals surface area contributed by atoms with Gasteiger partial charge in [0.2, 0.25) is 5.91 Å². The second-order valence-corrected chi connectivity index (χ2v) is 6.67. The van der Waals surface area contributed by atoms with E-state index in [0.717, 1.165) is 21.4 Å². The van der Waals surface area contributed by atoms with Gasteiger partial charge in [0, 0.05) is 23.6 Å². The number of H-pyrrole nitrogens is 1. The van der Waals surface area contributed by atoms with Crippen molar-refractivity contribution in [3.63, 3.8) is 0 Å². The molecular weight excluding hydrogens is 360 g/mol. The molecule has 1 fully saturated rings. The van der Waals surface area contributed by atoms with E-state index < -0.39 is 18.0 Å². The Balaban J connectivity index is 1.28. The molecule has 1 unspecified atom stereocenters. The van der Waals surface area contributed by atoms with Crippen LogP contribution in [0.5, 0.6) is 0 Å². The van der Waals surface area contributed by atoms with Gasteiger partial charge in [0.1, 0.15) is 11.8 Å². The highest BCUT2D eigenvalue weighted by atomic mass is 16.3. The number of imide groups is 1. The maximum atomic E-state index is 12.4. The molecule has 1 aliphatic heterocycles. The summed E-state index contributed by atoms with van der Waals surface area (Å²) in [4.78, 5) is 40.9. The van der Waals surface area contributed by atoms with Gasteiger partial charge in [0.05, 0.1) is 19.2 Å². The highest BCUT2D eigenvalue weighted by molar-refractivity contribution is 6.05. The molecule has 0 bridgehead atoms. The van der Waals surface area contributed by atoms with Crippen LogP contribution in [0.25, 0.3) is 10.9 Å². The zero-order chi connectivity index (χ0) is 19.5. The first-order valence-corrected chi connectivity index (χ1v) is 9.08. The summed E-state index contributed by atoms with van der Waals surface area (Å²) in [7, 11) is 0. The molecule has 3 heterocycles. The van der Waals surface area contributed by atoms with Gasteiger partial charge in [-0.05, 0) is 30.2 Å². The minimum absolute atomic E-state index is 0.0519. The second kappa shape index (κ2) is 7.59. The number of nitrogens with zero attached hydrogens (tertiary/aromatic N) is 1. The third kappa shape index (κ3) is 3.62. The Morgan fingerprint density at radius 1 is 1.18 bits per heavy atom. The van der Waals surface area contributed by atoms with Crippen molar-refractivity contribution in [3.05, 3.63) is 60.2 Å². The molecule has 1 aliphatic rings. The number of aromatic amines is 1. The number of furan rings is 1. The zero-order valence-electron chi connectivity index (χ0n) is 15.1. The number of carbonyl (C=O) groups excluding carboxylic acids is 3. The van der Waals surface area contributed by atoms with Crippen LogP contribution in [0.15, 0.2) is 53.3 Å². The van der Waals surface area contributed by atoms with Crippen LogP contribution in [0.2, 0.25) is 0 Å². The highest BCUT2D eigenvalue weighted by Gasteiger charge is 2.39. The lowest BCUT2D eigenvalue weighted by Gasteiger charge is -2.11. The molecule has 3 aromatic rings. The van der Waals surface area contributed by atoms with Gasteiger partial charge < -0.3 is 20.0 Å². The van der Waals surface area contributed by atoms with Crippen LogP contribution in [-0.2, 0) is 22.6 Å². The number of urea groups is 1. The smallest absolute Gasteiger partial charge is 0.325 e. The Morgan fingerprint density at radius 3 is 2.86 bits per heavy atom. The van der Waals surface area contributed by atoms with E-state index in [-0.39, 0.29) is 18.9 Å². The molecule has 0 radical (unpaired) electrons. The van der Waals surface area contributed by atoms with Gasteiger partial charge in [-0.15, -0.1) is 0 Å². The molecule has 2 aromatic heterocycles. The Bertz CT molecular complexity index is 1010. The summed E-state index contributed by atoms with van der Waals surface area (Å²) >= 11 is 0. The van der Waals surface area contributed by atoms with Crippen molar-refractivity contribution in [3.8, 4) is 0 Å². The van der Waals surface area contributed by atoms with Crippen LogP contribution in [0, 0.1) is 0 Å². The Hall–Kier alpha value is -3.55. The quantitative estimate of drug-likeness (QED) is 0.544. The minimum atomic E-state index is -0.851. The van der Waals surface area contributed by atoms with Crippen molar-refractivity contribution in [1.29, 1.82) is 0 Å². The first kappa shape index (κ1) is 17.8. The summed E-state index contributed by atoms with van der Waals surface area (Å²) in [5.74, 6) is -0.196. The van der Waals surface area contributed by atoms with Crippen LogP contribution in [-0.4, -0.2) is 40.3 Å². The highest BCUT2D eigenvalue weighted by Crippen LogP contribution is 2.18. The molecule has 1 atom stereocenters. The van der Waals surface area contributed by atoms with Crippen molar-refractivity contribution in [1.82, 2.24) is 20.5 Å². The molecule has 3 N–H and O–H groups in total. The van der Waals surface area contributed by atoms with Crippen LogP contribution < -0.4 is 10.6 Å². The number of carbonyl (C=O) groups is 3. The average molecular weight is 380 g/mol. The standard InChI is InChI=1S/C20H20N4O4/c25-18(21-8-7-13-11-22-16-6-2-1-5-15(13)16)10-17-19(26)24(20(27)23-17)12-14-4-3-9-28-14/h1-6,9,11,17,22H,7-8,10,12H2,(H,21,25)(H,23,27). The first-order valence-electron chi connectivity index (χ1n) is 9.08. The van der Waals surface area contributed by atoms with E-state index in [1.807, 2.05) is 30.5 Å². The number of aromatic nitrogens is 1. The van der Waals surface area contributed by atoms with Gasteiger partial charge in [0.25, 0.3) is 5.91 Å². The van der Waals surface area contributed by atoms with Gasteiger partial charge in [-0.1, -0.05) is 18.2 Å². The lowest BCUT2D eigenvalue weighted by Crippen LogP contribution is -2.37. The van der Waals surface area contributed by atoms with Crippen LogP contribution in [0.1, 0.15) is 17.7 Å². The zero-order valence-corrected chi connectivity index (χ0v) is 15.1. The van der Waals surface area contributed by atoms with Crippen LogP contribution in [0.3, 0.4) is 0 Å². The average Bonchev–Trinajstić information content (AvgIpc) is 3.40. The number of hydrogen-bond acceptors (Lipinski definition) is 4. The lowest BCUT2D eigenvalue weighted by molar-refractivity contribution is -0.131. The largest absolute Gasteiger partial charge is 0.467 e.